The number of rotatable bonds is 4. The quantitative estimate of drug-likeness (QED) is 0.696. The van der Waals surface area contributed by atoms with Crippen molar-refractivity contribution < 1.29 is 4.92 Å². The summed E-state index contributed by atoms with van der Waals surface area (Å²) < 4.78 is 2.41. The van der Waals surface area contributed by atoms with E-state index in [0.717, 1.165) is 10.0 Å². The van der Waals surface area contributed by atoms with E-state index in [-0.39, 0.29) is 11.5 Å². The number of aryl methyl sites for hydroxylation is 1. The number of anilines is 1. The van der Waals surface area contributed by atoms with Crippen LogP contribution in [0.15, 0.2) is 34.9 Å². The maximum atomic E-state index is 10.8. The Morgan fingerprint density at radius 1 is 1.44 bits per heavy atom. The second-order valence-corrected chi connectivity index (χ2v) is 4.69. The molecule has 1 heterocycles. The van der Waals surface area contributed by atoms with Crippen LogP contribution < -0.4 is 5.32 Å². The molecule has 0 aliphatic heterocycles. The van der Waals surface area contributed by atoms with E-state index in [9.17, 15) is 10.1 Å². The number of nitro groups is 1. The highest BCUT2D eigenvalue weighted by molar-refractivity contribution is 9.10. The molecule has 1 N–H and O–H groups in total. The molecule has 0 bridgehead atoms. The maximum Gasteiger partial charge on any atom is 0.330 e. The van der Waals surface area contributed by atoms with Crippen LogP contribution in [0.5, 0.6) is 0 Å². The Hall–Kier alpha value is -1.89. The molecule has 0 atom stereocenters. The lowest BCUT2D eigenvalue weighted by Crippen LogP contribution is -2.02. The first-order valence-electron chi connectivity index (χ1n) is 5.22. The minimum absolute atomic E-state index is 0.0189. The summed E-state index contributed by atoms with van der Waals surface area (Å²) in [5.41, 5.74) is 1.01. The lowest BCUT2D eigenvalue weighted by Gasteiger charge is -2.03. The Morgan fingerprint density at radius 2 is 2.11 bits per heavy atom. The Bertz CT molecular complexity index is 565. The van der Waals surface area contributed by atoms with Gasteiger partial charge in [-0.1, -0.05) is 28.1 Å². The highest BCUT2D eigenvalue weighted by atomic mass is 79.9. The van der Waals surface area contributed by atoms with E-state index in [1.807, 2.05) is 24.3 Å². The van der Waals surface area contributed by atoms with Crippen LogP contribution in [0.4, 0.5) is 11.5 Å². The van der Waals surface area contributed by atoms with Crippen molar-refractivity contribution >= 4 is 27.4 Å². The zero-order valence-corrected chi connectivity index (χ0v) is 11.2. The van der Waals surface area contributed by atoms with Crippen molar-refractivity contribution in [2.75, 3.05) is 5.32 Å². The molecule has 6 nitrogen and oxygen atoms in total. The van der Waals surface area contributed by atoms with Gasteiger partial charge in [-0.25, -0.2) is 0 Å². The van der Waals surface area contributed by atoms with Gasteiger partial charge in [0.05, 0.1) is 4.92 Å². The standard InChI is InChI=1S/C11H11BrN4O2/c1-15-7-10(16(17)18)11(14-15)13-6-8-2-4-9(12)5-3-8/h2-5,7H,6H2,1H3,(H,13,14). The lowest BCUT2D eigenvalue weighted by atomic mass is 10.2. The van der Waals surface area contributed by atoms with E-state index < -0.39 is 4.92 Å². The van der Waals surface area contributed by atoms with Crippen LogP contribution in [0.25, 0.3) is 0 Å². The molecule has 0 amide bonds. The number of nitrogens with zero attached hydrogens (tertiary/aromatic N) is 3. The molecule has 1 aromatic carbocycles. The summed E-state index contributed by atoms with van der Waals surface area (Å²) in [4.78, 5) is 10.3. The number of hydrogen-bond acceptors (Lipinski definition) is 4. The molecular formula is C11H11BrN4O2. The molecule has 7 heteroatoms. The molecule has 0 fully saturated rings. The second-order valence-electron chi connectivity index (χ2n) is 3.77. The van der Waals surface area contributed by atoms with E-state index in [1.54, 1.807) is 7.05 Å². The molecule has 18 heavy (non-hydrogen) atoms. The number of hydrogen-bond donors (Lipinski definition) is 1. The van der Waals surface area contributed by atoms with Crippen LogP contribution in [0.2, 0.25) is 0 Å². The van der Waals surface area contributed by atoms with Gasteiger partial charge in [0.2, 0.25) is 5.82 Å². The van der Waals surface area contributed by atoms with Gasteiger partial charge in [-0.3, -0.25) is 14.8 Å². The smallest absolute Gasteiger partial charge is 0.330 e. The SMILES string of the molecule is Cn1cc([N+](=O)[O-])c(NCc2ccc(Br)cc2)n1. The second kappa shape index (κ2) is 5.18. The first-order chi connectivity index (χ1) is 8.56. The highest BCUT2D eigenvalue weighted by Gasteiger charge is 2.17. The maximum absolute atomic E-state index is 10.8. The first-order valence-corrected chi connectivity index (χ1v) is 6.02. The average molecular weight is 311 g/mol. The summed E-state index contributed by atoms with van der Waals surface area (Å²) in [5, 5.41) is 17.8. The Labute approximate surface area is 112 Å². The van der Waals surface area contributed by atoms with E-state index in [4.69, 9.17) is 0 Å². The van der Waals surface area contributed by atoms with Crippen molar-refractivity contribution in [1.82, 2.24) is 9.78 Å². The van der Waals surface area contributed by atoms with Gasteiger partial charge < -0.3 is 5.32 Å². The molecule has 0 radical (unpaired) electrons. The predicted octanol–water partition coefficient (Wildman–Crippen LogP) is 2.70. The van der Waals surface area contributed by atoms with Crippen molar-refractivity contribution in [2.45, 2.75) is 6.54 Å². The van der Waals surface area contributed by atoms with E-state index in [2.05, 4.69) is 26.3 Å². The van der Waals surface area contributed by atoms with E-state index in [0.29, 0.717) is 6.54 Å². The summed E-state index contributed by atoms with van der Waals surface area (Å²) >= 11 is 3.35. The van der Waals surface area contributed by atoms with E-state index >= 15 is 0 Å². The van der Waals surface area contributed by atoms with Gasteiger partial charge in [0.25, 0.3) is 0 Å². The van der Waals surface area contributed by atoms with Crippen LogP contribution >= 0.6 is 15.9 Å². The number of nitrogens with one attached hydrogen (secondary N) is 1. The fourth-order valence-corrected chi connectivity index (χ4v) is 1.79. The Kier molecular flexibility index (Phi) is 3.61. The monoisotopic (exact) mass is 310 g/mol. The zero-order valence-electron chi connectivity index (χ0n) is 9.63. The fraction of sp³-hybridized carbons (Fsp3) is 0.182. The van der Waals surface area contributed by atoms with Gasteiger partial charge in [-0.2, -0.15) is 0 Å². The molecule has 2 aromatic rings. The third-order valence-corrected chi connectivity index (χ3v) is 2.91. The number of benzene rings is 1. The minimum Gasteiger partial charge on any atom is -0.359 e. The Balaban J connectivity index is 2.10. The number of aromatic nitrogens is 2. The molecule has 0 saturated heterocycles. The van der Waals surface area contributed by atoms with Gasteiger partial charge >= 0.3 is 5.69 Å². The van der Waals surface area contributed by atoms with Gasteiger partial charge in [-0.05, 0) is 17.7 Å². The summed E-state index contributed by atoms with van der Waals surface area (Å²) in [6.45, 7) is 0.491. The van der Waals surface area contributed by atoms with Crippen LogP contribution in [-0.2, 0) is 13.6 Å². The van der Waals surface area contributed by atoms with Crippen LogP contribution in [0.1, 0.15) is 5.56 Å². The largest absolute Gasteiger partial charge is 0.359 e. The van der Waals surface area contributed by atoms with Gasteiger partial charge in [-0.15, -0.1) is 5.10 Å². The third-order valence-electron chi connectivity index (χ3n) is 2.38. The zero-order chi connectivity index (χ0) is 13.1. The normalized spacial score (nSPS) is 10.3. The molecule has 1 aromatic heterocycles. The topological polar surface area (TPSA) is 73.0 Å². The molecule has 94 valence electrons. The van der Waals surface area contributed by atoms with Crippen LogP contribution in [0.3, 0.4) is 0 Å². The first kappa shape index (κ1) is 12.6. The van der Waals surface area contributed by atoms with Crippen molar-refractivity contribution in [2.24, 2.45) is 7.05 Å². The van der Waals surface area contributed by atoms with Crippen LogP contribution in [0, 0.1) is 10.1 Å². The highest BCUT2D eigenvalue weighted by Crippen LogP contribution is 2.22. The third kappa shape index (κ3) is 2.86. The molecule has 2 rings (SSSR count). The van der Waals surface area contributed by atoms with Crippen molar-refractivity contribution in [3.8, 4) is 0 Å². The van der Waals surface area contributed by atoms with Crippen molar-refractivity contribution in [3.63, 3.8) is 0 Å². The average Bonchev–Trinajstić information content (AvgIpc) is 2.70. The van der Waals surface area contributed by atoms with Gasteiger partial charge in [0.1, 0.15) is 6.20 Å². The molecule has 0 saturated carbocycles. The molecule has 0 aliphatic carbocycles. The number of halogens is 1. The van der Waals surface area contributed by atoms with Gasteiger partial charge in [0.15, 0.2) is 0 Å². The summed E-state index contributed by atoms with van der Waals surface area (Å²) in [5.74, 6) is 0.283. The fourth-order valence-electron chi connectivity index (χ4n) is 1.52. The van der Waals surface area contributed by atoms with Crippen LogP contribution in [-0.4, -0.2) is 14.7 Å². The molecule has 0 spiro atoms. The summed E-state index contributed by atoms with van der Waals surface area (Å²) in [6.07, 6.45) is 1.38. The Morgan fingerprint density at radius 3 is 2.72 bits per heavy atom. The van der Waals surface area contributed by atoms with Crippen molar-refractivity contribution in [3.05, 3.63) is 50.6 Å². The summed E-state index contributed by atoms with van der Waals surface area (Å²) in [6, 6.07) is 7.71. The molecular weight excluding hydrogens is 300 g/mol. The molecule has 0 aliphatic rings. The van der Waals surface area contributed by atoms with E-state index in [1.165, 1.54) is 10.9 Å². The lowest BCUT2D eigenvalue weighted by molar-refractivity contribution is -0.384. The van der Waals surface area contributed by atoms with Crippen molar-refractivity contribution in [1.29, 1.82) is 0 Å². The molecule has 0 unspecified atom stereocenters. The predicted molar refractivity (Wildman–Crippen MR) is 71.3 cm³/mol. The summed E-state index contributed by atoms with van der Waals surface area (Å²) in [7, 11) is 1.65. The minimum atomic E-state index is -0.448. The van der Waals surface area contributed by atoms with Gasteiger partial charge in [0, 0.05) is 18.1 Å².